The Morgan fingerprint density at radius 2 is 1.78 bits per heavy atom. The van der Waals surface area contributed by atoms with Gasteiger partial charge < -0.3 is 19.1 Å². The summed E-state index contributed by atoms with van der Waals surface area (Å²) in [6.45, 7) is 10.4. The first-order valence-electron chi connectivity index (χ1n) is 13.8. The van der Waals surface area contributed by atoms with Gasteiger partial charge in [0.1, 0.15) is 18.7 Å². The molecule has 0 radical (unpaired) electrons. The summed E-state index contributed by atoms with van der Waals surface area (Å²) in [5.41, 5.74) is 0.0791. The monoisotopic (exact) mass is 616 g/mol. The quantitative estimate of drug-likeness (QED) is 0.130. The zero-order valence-corrected chi connectivity index (χ0v) is 24.8. The molecule has 3 saturated carbocycles. The Bertz CT molecular complexity index is 816. The van der Waals surface area contributed by atoms with E-state index in [1.165, 1.54) is 6.92 Å². The maximum atomic E-state index is 13.0. The summed E-state index contributed by atoms with van der Waals surface area (Å²) < 4.78 is 11.2. The van der Waals surface area contributed by atoms with E-state index < -0.39 is 0 Å². The summed E-state index contributed by atoms with van der Waals surface area (Å²) in [7, 11) is 0. The number of aldehydes is 2. The zero-order valence-electron chi connectivity index (χ0n) is 22.7. The van der Waals surface area contributed by atoms with Gasteiger partial charge in [0.05, 0.1) is 12.5 Å². The summed E-state index contributed by atoms with van der Waals surface area (Å²) in [4.78, 5) is 47.2. The highest BCUT2D eigenvalue weighted by Crippen LogP contribution is 2.65. The van der Waals surface area contributed by atoms with Gasteiger partial charge in [-0.25, -0.2) is 0 Å². The van der Waals surface area contributed by atoms with E-state index in [1.807, 2.05) is 13.8 Å². The second-order valence-corrected chi connectivity index (χ2v) is 13.8. The number of ether oxygens (including phenoxy) is 2. The Hall–Kier alpha value is -0.990. The largest absolute Gasteiger partial charge is 0.465 e. The van der Waals surface area contributed by atoms with E-state index in [0.717, 1.165) is 57.5 Å². The van der Waals surface area contributed by atoms with Gasteiger partial charge in [0, 0.05) is 23.7 Å². The first-order valence-corrected chi connectivity index (χ1v) is 15.1. The maximum absolute atomic E-state index is 13.0. The fourth-order valence-corrected chi connectivity index (χ4v) is 9.14. The average molecular weight is 617 g/mol. The van der Waals surface area contributed by atoms with Gasteiger partial charge in [0.2, 0.25) is 0 Å². The van der Waals surface area contributed by atoms with Crippen LogP contribution in [0.15, 0.2) is 0 Å². The lowest BCUT2D eigenvalue weighted by atomic mass is 9.44. The van der Waals surface area contributed by atoms with Gasteiger partial charge in [-0.1, -0.05) is 50.3 Å². The lowest BCUT2D eigenvalue weighted by Crippen LogP contribution is -2.57. The van der Waals surface area contributed by atoms with Gasteiger partial charge in [0.15, 0.2) is 0 Å². The number of halogens is 1. The van der Waals surface area contributed by atoms with Gasteiger partial charge in [-0.15, -0.1) is 0 Å². The Balaban J connectivity index is 1.75. The third-order valence-electron chi connectivity index (χ3n) is 10.2. The summed E-state index contributed by atoms with van der Waals surface area (Å²) in [5, 5.41) is 0. The van der Waals surface area contributed by atoms with Crippen molar-refractivity contribution in [2.45, 2.75) is 102 Å². The molecule has 3 aliphatic carbocycles. The molecule has 0 heterocycles. The molecule has 6 nitrogen and oxygen atoms in total. The highest BCUT2D eigenvalue weighted by molar-refractivity contribution is 14.1. The van der Waals surface area contributed by atoms with E-state index in [-0.39, 0.29) is 57.2 Å². The zero-order chi connectivity index (χ0) is 26.7. The van der Waals surface area contributed by atoms with E-state index in [1.54, 1.807) is 0 Å². The van der Waals surface area contributed by atoms with Crippen LogP contribution in [-0.2, 0) is 28.7 Å². The van der Waals surface area contributed by atoms with Crippen molar-refractivity contribution in [2.24, 2.45) is 46.3 Å². The van der Waals surface area contributed by atoms with E-state index in [2.05, 4.69) is 36.4 Å². The number of hydrogen-bond acceptors (Lipinski definition) is 6. The van der Waals surface area contributed by atoms with Gasteiger partial charge in [0.25, 0.3) is 0 Å². The number of alkyl halides is 1. The Morgan fingerprint density at radius 1 is 1.06 bits per heavy atom. The lowest BCUT2D eigenvalue weighted by Gasteiger charge is -2.62. The molecule has 0 aromatic rings. The molecule has 0 bridgehead atoms. The van der Waals surface area contributed by atoms with Crippen molar-refractivity contribution >= 4 is 47.1 Å². The van der Waals surface area contributed by atoms with Crippen LogP contribution in [0.5, 0.6) is 0 Å². The third kappa shape index (κ3) is 6.01. The van der Waals surface area contributed by atoms with Gasteiger partial charge in [-0.2, -0.15) is 0 Å². The second kappa shape index (κ2) is 12.2. The Labute approximate surface area is 230 Å². The highest BCUT2D eigenvalue weighted by Gasteiger charge is 2.59. The molecular formula is C29H45IO6. The predicted molar refractivity (Wildman–Crippen MR) is 147 cm³/mol. The molecule has 36 heavy (non-hydrogen) atoms. The number of rotatable bonds is 10. The first kappa shape index (κ1) is 29.6. The molecule has 3 aliphatic rings. The van der Waals surface area contributed by atoms with E-state index >= 15 is 0 Å². The highest BCUT2D eigenvalue weighted by atomic mass is 127. The summed E-state index contributed by atoms with van der Waals surface area (Å²) in [6.07, 6.45) is 10.2. The van der Waals surface area contributed by atoms with Crippen LogP contribution in [0.1, 0.15) is 92.4 Å². The van der Waals surface area contributed by atoms with Crippen molar-refractivity contribution in [3.05, 3.63) is 0 Å². The summed E-state index contributed by atoms with van der Waals surface area (Å²) in [6, 6.07) is 0. The normalized spacial score (nSPS) is 38.4. The number of hydrogen-bond donors (Lipinski definition) is 0. The standard InChI is InChI=1S/C29H45IO6/c1-18(10-14-31)17-35-27(34)19(2)26(30)29(5)13-9-24-23(25(29)11-15-32)7-6-21-16-22(36-20(3)33)8-12-28(21,24)4/h14-15,18-19,21-26H,6-13,16-17H2,1-5H3/t18-,19-,21+,22-,23+,24-,25-,26+,28-,29-/m0/s1. The Kier molecular flexibility index (Phi) is 10.1. The van der Waals surface area contributed by atoms with Crippen molar-refractivity contribution in [3.8, 4) is 0 Å². The van der Waals surface area contributed by atoms with Crippen LogP contribution in [0.2, 0.25) is 0 Å². The van der Waals surface area contributed by atoms with Crippen LogP contribution in [0.3, 0.4) is 0 Å². The van der Waals surface area contributed by atoms with E-state index in [0.29, 0.717) is 30.6 Å². The molecule has 3 rings (SSSR count). The van der Waals surface area contributed by atoms with Crippen LogP contribution in [-0.4, -0.2) is 41.1 Å². The topological polar surface area (TPSA) is 86.7 Å². The number of carbonyl (C=O) groups excluding carboxylic acids is 4. The molecular weight excluding hydrogens is 571 g/mol. The molecule has 0 aromatic carbocycles. The molecule has 0 saturated heterocycles. The number of fused-ring (bicyclic) bond motifs is 3. The molecule has 0 aliphatic heterocycles. The van der Waals surface area contributed by atoms with Crippen molar-refractivity contribution in [2.75, 3.05) is 6.61 Å². The van der Waals surface area contributed by atoms with Crippen molar-refractivity contribution in [3.63, 3.8) is 0 Å². The van der Waals surface area contributed by atoms with Gasteiger partial charge >= 0.3 is 11.9 Å². The van der Waals surface area contributed by atoms with Gasteiger partial charge in [-0.05, 0) is 85.4 Å². The smallest absolute Gasteiger partial charge is 0.309 e. The fourth-order valence-electron chi connectivity index (χ4n) is 8.08. The average Bonchev–Trinajstić information content (AvgIpc) is 2.83. The van der Waals surface area contributed by atoms with Crippen molar-refractivity contribution < 1.29 is 28.7 Å². The Morgan fingerprint density at radius 3 is 2.42 bits per heavy atom. The molecule has 3 fully saturated rings. The predicted octanol–water partition coefficient (Wildman–Crippen LogP) is 5.96. The van der Waals surface area contributed by atoms with Crippen LogP contribution >= 0.6 is 22.6 Å². The number of esters is 2. The third-order valence-corrected chi connectivity index (χ3v) is 12.7. The van der Waals surface area contributed by atoms with E-state index in [9.17, 15) is 19.2 Å². The molecule has 0 N–H and O–H groups in total. The van der Waals surface area contributed by atoms with Crippen molar-refractivity contribution in [1.82, 2.24) is 0 Å². The van der Waals surface area contributed by atoms with Gasteiger partial charge in [-0.3, -0.25) is 9.59 Å². The molecule has 0 spiro atoms. The van der Waals surface area contributed by atoms with Crippen LogP contribution in [0, 0.1) is 46.3 Å². The van der Waals surface area contributed by atoms with Crippen LogP contribution < -0.4 is 0 Å². The fraction of sp³-hybridized carbons (Fsp3) is 0.862. The number of carbonyl (C=O) groups is 4. The molecule has 204 valence electrons. The minimum Gasteiger partial charge on any atom is -0.465 e. The van der Waals surface area contributed by atoms with Crippen molar-refractivity contribution in [1.29, 1.82) is 0 Å². The first-order chi connectivity index (χ1) is 17.0. The molecule has 0 unspecified atom stereocenters. The molecule has 0 amide bonds. The maximum Gasteiger partial charge on any atom is 0.309 e. The summed E-state index contributed by atoms with van der Waals surface area (Å²) >= 11 is 2.44. The molecule has 7 heteroatoms. The molecule has 0 aromatic heterocycles. The van der Waals surface area contributed by atoms with Crippen LogP contribution in [0.25, 0.3) is 0 Å². The second-order valence-electron chi connectivity index (χ2n) is 12.4. The lowest BCUT2D eigenvalue weighted by molar-refractivity contribution is -0.162. The van der Waals surface area contributed by atoms with Crippen LogP contribution in [0.4, 0.5) is 0 Å². The SMILES string of the molecule is CC(=O)O[C@H]1CC[C@@]2(C)[C@H](CC[C@@H]3[C@@H]2CC[C@](C)([C@H](I)[C@H](C)C(=O)OC[C@@H](C)CC=O)[C@H]3CC=O)C1. The minimum absolute atomic E-state index is 0.0204. The van der Waals surface area contributed by atoms with E-state index in [4.69, 9.17) is 9.47 Å². The minimum atomic E-state index is -0.282. The summed E-state index contributed by atoms with van der Waals surface area (Å²) in [5.74, 6) is 1.16. The molecule has 10 atom stereocenters.